The average molecular weight is 423 g/mol. The van der Waals surface area contributed by atoms with E-state index in [9.17, 15) is 13.2 Å². The number of halogens is 5. The average Bonchev–Trinajstić information content (AvgIpc) is 3.11. The highest BCUT2D eigenvalue weighted by Gasteiger charge is 2.32. The van der Waals surface area contributed by atoms with Crippen LogP contribution in [0.15, 0.2) is 48.5 Å². The van der Waals surface area contributed by atoms with Gasteiger partial charge in [-0.2, -0.15) is 8.78 Å². The first-order valence-electron chi connectivity index (χ1n) is 8.83. The van der Waals surface area contributed by atoms with Crippen LogP contribution in [0, 0.1) is 18.6 Å². The molecular weight excluding hydrogens is 408 g/mol. The molecule has 1 atom stereocenters. The lowest BCUT2D eigenvalue weighted by Crippen LogP contribution is -2.06. The number of hydrogen-bond donors (Lipinski definition) is 0. The zero-order valence-corrected chi connectivity index (χ0v) is 15.9. The molecule has 0 amide bonds. The molecule has 0 fully saturated rings. The lowest BCUT2D eigenvalue weighted by atomic mass is 9.91. The minimum atomic E-state index is -3.19. The third-order valence-corrected chi connectivity index (χ3v) is 5.27. The first-order chi connectivity index (χ1) is 13.9. The van der Waals surface area contributed by atoms with Crippen LogP contribution in [-0.4, -0.2) is 6.61 Å². The molecule has 1 aliphatic heterocycles. The number of hydrogen-bond acceptors (Lipinski definition) is 2. The van der Waals surface area contributed by atoms with E-state index in [0.717, 1.165) is 17.7 Å². The van der Waals surface area contributed by atoms with Crippen LogP contribution >= 0.6 is 11.6 Å². The first kappa shape index (κ1) is 19.6. The largest absolute Gasteiger partial charge is 0.485 e. The van der Waals surface area contributed by atoms with Crippen LogP contribution in [0.25, 0.3) is 11.1 Å². The first-order valence-corrected chi connectivity index (χ1v) is 9.21. The monoisotopic (exact) mass is 422 g/mol. The Labute approximate surface area is 169 Å². The highest BCUT2D eigenvalue weighted by atomic mass is 35.5. The fourth-order valence-corrected chi connectivity index (χ4v) is 3.85. The molecule has 1 heterocycles. The van der Waals surface area contributed by atoms with Gasteiger partial charge >= 0.3 is 6.61 Å². The van der Waals surface area contributed by atoms with Gasteiger partial charge in [0.1, 0.15) is 17.7 Å². The van der Waals surface area contributed by atoms with E-state index in [1.54, 1.807) is 6.92 Å². The number of rotatable bonds is 4. The summed E-state index contributed by atoms with van der Waals surface area (Å²) in [5.74, 6) is -2.20. The normalized spacial score (nSPS) is 15.3. The van der Waals surface area contributed by atoms with Gasteiger partial charge in [0, 0.05) is 29.2 Å². The maximum atomic E-state index is 15.1. The predicted molar refractivity (Wildman–Crippen MR) is 102 cm³/mol. The van der Waals surface area contributed by atoms with Crippen molar-refractivity contribution < 1.29 is 27.0 Å². The summed E-state index contributed by atoms with van der Waals surface area (Å²) < 4.78 is 65.1. The van der Waals surface area contributed by atoms with E-state index < -0.39 is 30.1 Å². The summed E-state index contributed by atoms with van der Waals surface area (Å²) in [6, 6.07) is 13.0. The number of benzene rings is 3. The van der Waals surface area contributed by atoms with Crippen LogP contribution in [0.4, 0.5) is 17.6 Å². The van der Waals surface area contributed by atoms with E-state index >= 15 is 4.39 Å². The molecule has 4 rings (SSSR count). The molecule has 0 spiro atoms. The molecule has 0 N–H and O–H groups in total. The topological polar surface area (TPSA) is 18.5 Å². The Balaban J connectivity index is 1.88. The van der Waals surface area contributed by atoms with Crippen molar-refractivity contribution in [3.63, 3.8) is 0 Å². The Morgan fingerprint density at radius 3 is 2.48 bits per heavy atom. The van der Waals surface area contributed by atoms with Crippen LogP contribution in [0.1, 0.15) is 22.8 Å². The van der Waals surface area contributed by atoms with Crippen molar-refractivity contribution in [2.24, 2.45) is 0 Å². The molecule has 1 aliphatic rings. The van der Waals surface area contributed by atoms with Gasteiger partial charge in [0.15, 0.2) is 11.6 Å². The van der Waals surface area contributed by atoms with E-state index in [-0.39, 0.29) is 21.9 Å². The molecule has 1 unspecified atom stereocenters. The molecule has 2 nitrogen and oxygen atoms in total. The third kappa shape index (κ3) is 3.53. The Hall–Kier alpha value is -2.73. The summed E-state index contributed by atoms with van der Waals surface area (Å²) in [6.45, 7) is -1.61. The second kappa shape index (κ2) is 7.59. The van der Waals surface area contributed by atoms with Crippen molar-refractivity contribution >= 4 is 11.6 Å². The third-order valence-electron chi connectivity index (χ3n) is 4.90. The highest BCUT2D eigenvalue weighted by molar-refractivity contribution is 6.33. The van der Waals surface area contributed by atoms with E-state index in [0.29, 0.717) is 17.5 Å². The van der Waals surface area contributed by atoms with Crippen molar-refractivity contribution in [3.05, 3.63) is 81.9 Å². The van der Waals surface area contributed by atoms with E-state index in [1.807, 2.05) is 30.3 Å². The number of ether oxygens (including phenoxy) is 2. The van der Waals surface area contributed by atoms with Crippen LogP contribution in [0.5, 0.6) is 11.5 Å². The molecule has 0 aromatic heterocycles. The summed E-state index contributed by atoms with van der Waals surface area (Å²) in [6.07, 6.45) is -0.0697. The summed E-state index contributed by atoms with van der Waals surface area (Å²) in [7, 11) is 0. The molecule has 3 aromatic rings. The molecule has 150 valence electrons. The molecule has 0 saturated carbocycles. The Kier molecular flexibility index (Phi) is 5.13. The fourth-order valence-electron chi connectivity index (χ4n) is 3.59. The molecule has 7 heteroatoms. The van der Waals surface area contributed by atoms with Gasteiger partial charge in [0.2, 0.25) is 0 Å². The van der Waals surface area contributed by atoms with E-state index in [1.165, 1.54) is 6.07 Å². The molecule has 0 bridgehead atoms. The maximum absolute atomic E-state index is 15.1. The van der Waals surface area contributed by atoms with Crippen molar-refractivity contribution in [2.75, 3.05) is 0 Å². The van der Waals surface area contributed by atoms with Gasteiger partial charge in [-0.15, -0.1) is 0 Å². The van der Waals surface area contributed by atoms with Crippen LogP contribution in [0.2, 0.25) is 5.02 Å². The summed E-state index contributed by atoms with van der Waals surface area (Å²) in [4.78, 5) is 0. The lowest BCUT2D eigenvalue weighted by Gasteiger charge is -2.16. The smallest absolute Gasteiger partial charge is 0.387 e. The van der Waals surface area contributed by atoms with Crippen molar-refractivity contribution in [2.45, 2.75) is 26.1 Å². The molecule has 0 aliphatic carbocycles. The molecule has 3 aromatic carbocycles. The predicted octanol–water partition coefficient (Wildman–Crippen LogP) is 6.87. The zero-order chi connectivity index (χ0) is 20.7. The molecule has 29 heavy (non-hydrogen) atoms. The highest BCUT2D eigenvalue weighted by Crippen LogP contribution is 2.48. The Morgan fingerprint density at radius 2 is 1.79 bits per heavy atom. The van der Waals surface area contributed by atoms with Crippen LogP contribution in [-0.2, 0) is 6.42 Å². The van der Waals surface area contributed by atoms with Crippen LogP contribution < -0.4 is 9.47 Å². The second-order valence-electron chi connectivity index (χ2n) is 6.69. The van der Waals surface area contributed by atoms with Gasteiger partial charge in [0.25, 0.3) is 0 Å². The van der Waals surface area contributed by atoms with Crippen LogP contribution in [0.3, 0.4) is 0 Å². The van der Waals surface area contributed by atoms with Gasteiger partial charge in [-0.05, 0) is 24.1 Å². The second-order valence-corrected chi connectivity index (χ2v) is 7.07. The molecular formula is C22H15ClF4O2. The van der Waals surface area contributed by atoms with Crippen molar-refractivity contribution in [3.8, 4) is 22.6 Å². The summed E-state index contributed by atoms with van der Waals surface area (Å²) in [5, 5.41) is -0.294. The molecule has 0 radical (unpaired) electrons. The van der Waals surface area contributed by atoms with Gasteiger partial charge in [-0.1, -0.05) is 48.0 Å². The molecule has 0 saturated heterocycles. The van der Waals surface area contributed by atoms with Gasteiger partial charge in [0.05, 0.1) is 5.02 Å². The van der Waals surface area contributed by atoms with E-state index in [4.69, 9.17) is 16.3 Å². The Bertz CT molecular complexity index is 1070. The number of alkyl halides is 2. The van der Waals surface area contributed by atoms with Gasteiger partial charge < -0.3 is 9.47 Å². The van der Waals surface area contributed by atoms with E-state index in [2.05, 4.69) is 4.74 Å². The Morgan fingerprint density at radius 1 is 1.07 bits per heavy atom. The summed E-state index contributed by atoms with van der Waals surface area (Å²) in [5.41, 5.74) is 1.80. The van der Waals surface area contributed by atoms with Crippen molar-refractivity contribution in [1.29, 1.82) is 0 Å². The van der Waals surface area contributed by atoms with Gasteiger partial charge in [-0.25, -0.2) is 8.78 Å². The zero-order valence-electron chi connectivity index (χ0n) is 15.2. The minimum Gasteiger partial charge on any atom is -0.485 e. The minimum absolute atomic E-state index is 0.0822. The fraction of sp³-hybridized carbons (Fsp3) is 0.182. The summed E-state index contributed by atoms with van der Waals surface area (Å²) >= 11 is 6.22. The lowest BCUT2D eigenvalue weighted by molar-refractivity contribution is -0.0521. The number of fused-ring (bicyclic) bond motifs is 1. The number of aryl methyl sites for hydroxylation is 1. The standard InChI is InChI=1S/C22H15ClF4O2/c1-11-7-8-15(29-22(26)27)21(25)18(11)19-13-9-16(12-5-3-2-4-6-12)28-17(13)10-14(24)20(19)23/h2-8,10,16,22H,9H2,1H3. The van der Waals surface area contributed by atoms with Gasteiger partial charge in [-0.3, -0.25) is 0 Å². The maximum Gasteiger partial charge on any atom is 0.387 e. The SMILES string of the molecule is Cc1ccc(OC(F)F)c(F)c1-c1c(Cl)c(F)cc2c1CC(c1ccccc1)O2. The quantitative estimate of drug-likeness (QED) is 0.427. The van der Waals surface area contributed by atoms with Crippen molar-refractivity contribution in [1.82, 2.24) is 0 Å².